The van der Waals surface area contributed by atoms with Crippen LogP contribution in [-0.4, -0.2) is 23.8 Å². The van der Waals surface area contributed by atoms with Gasteiger partial charge in [-0.15, -0.1) is 0 Å². The number of carboxylic acid groups (broad SMARTS) is 1. The number of unbranched alkanes of at least 4 members (excludes halogenated alkanes) is 1. The molecular weight excluding hydrogens is 441 g/mol. The highest BCUT2D eigenvalue weighted by Crippen LogP contribution is 2.23. The van der Waals surface area contributed by atoms with Crippen LogP contribution in [0.15, 0.2) is 77.7 Å². The van der Waals surface area contributed by atoms with Crippen LogP contribution >= 0.6 is 0 Å². The lowest BCUT2D eigenvalue weighted by atomic mass is 10.1. The van der Waals surface area contributed by atoms with Crippen LogP contribution in [0.1, 0.15) is 42.0 Å². The highest BCUT2D eigenvalue weighted by molar-refractivity contribution is 7.89. The maximum Gasteiger partial charge on any atom is 0.307 e. The van der Waals surface area contributed by atoms with Gasteiger partial charge in [0.25, 0.3) is 0 Å². The fourth-order valence-corrected chi connectivity index (χ4v) is 5.06. The summed E-state index contributed by atoms with van der Waals surface area (Å²) in [4.78, 5) is 10.9. The van der Waals surface area contributed by atoms with Gasteiger partial charge in [-0.25, -0.2) is 12.8 Å². The molecule has 0 radical (unpaired) electrons. The average molecular weight is 470 g/mol. The van der Waals surface area contributed by atoms with Gasteiger partial charge in [-0.3, -0.25) is 4.79 Å². The number of halogens is 1. The van der Waals surface area contributed by atoms with Crippen molar-refractivity contribution in [3.8, 4) is 0 Å². The summed E-state index contributed by atoms with van der Waals surface area (Å²) in [6.07, 6.45) is 3.01. The Balaban J connectivity index is 1.92. The van der Waals surface area contributed by atoms with E-state index in [2.05, 4.69) is 6.92 Å². The second-order valence-electron chi connectivity index (χ2n) is 8.04. The van der Waals surface area contributed by atoms with Crippen LogP contribution in [0, 0.1) is 5.82 Å². The molecule has 5 nitrogen and oxygen atoms in total. The van der Waals surface area contributed by atoms with E-state index in [4.69, 9.17) is 5.11 Å². The van der Waals surface area contributed by atoms with Gasteiger partial charge >= 0.3 is 5.97 Å². The van der Waals surface area contributed by atoms with Crippen molar-refractivity contribution in [2.24, 2.45) is 0 Å². The summed E-state index contributed by atoms with van der Waals surface area (Å²) in [6.45, 7) is 2.27. The Bertz CT molecular complexity index is 1190. The van der Waals surface area contributed by atoms with Crippen molar-refractivity contribution < 1.29 is 22.7 Å². The predicted octanol–water partition coefficient (Wildman–Crippen LogP) is 5.19. The van der Waals surface area contributed by atoms with Crippen LogP contribution in [-0.2, 0) is 40.7 Å². The first-order valence-electron chi connectivity index (χ1n) is 10.9. The zero-order chi connectivity index (χ0) is 23.8. The molecule has 0 aromatic heterocycles. The molecule has 33 heavy (non-hydrogen) atoms. The van der Waals surface area contributed by atoms with Gasteiger partial charge in [0.1, 0.15) is 5.82 Å². The number of carboxylic acids is 1. The number of sulfonamides is 1. The number of rotatable bonds is 11. The number of aryl methyl sites for hydroxylation is 1. The summed E-state index contributed by atoms with van der Waals surface area (Å²) in [7, 11) is -4.00. The van der Waals surface area contributed by atoms with Crippen molar-refractivity contribution in [3.05, 3.63) is 101 Å². The SMILES string of the molecule is CCCCc1ccc(CN(Cc2cccc(CC(=O)O)c2)S(=O)(=O)c2cccc(F)c2)cc1. The molecule has 0 spiro atoms. The molecule has 0 saturated heterocycles. The van der Waals surface area contributed by atoms with E-state index in [0.29, 0.717) is 11.1 Å². The van der Waals surface area contributed by atoms with Gasteiger partial charge in [-0.05, 0) is 53.3 Å². The minimum absolute atomic E-state index is 0.0316. The quantitative estimate of drug-likeness (QED) is 0.420. The summed E-state index contributed by atoms with van der Waals surface area (Å²) in [5.41, 5.74) is 3.26. The Labute approximate surface area is 194 Å². The molecule has 0 heterocycles. The smallest absolute Gasteiger partial charge is 0.307 e. The molecule has 0 fully saturated rings. The van der Waals surface area contributed by atoms with Gasteiger partial charge in [0.15, 0.2) is 0 Å². The molecule has 3 rings (SSSR count). The molecule has 1 N–H and O–H groups in total. The normalized spacial score (nSPS) is 11.6. The van der Waals surface area contributed by atoms with Crippen LogP contribution in [0.3, 0.4) is 0 Å². The van der Waals surface area contributed by atoms with Gasteiger partial charge in [0.2, 0.25) is 10.0 Å². The fourth-order valence-electron chi connectivity index (χ4n) is 3.61. The first-order valence-corrected chi connectivity index (χ1v) is 12.3. The second kappa shape index (κ2) is 11.2. The van der Waals surface area contributed by atoms with Crippen molar-refractivity contribution in [1.82, 2.24) is 4.31 Å². The second-order valence-corrected chi connectivity index (χ2v) is 9.98. The van der Waals surface area contributed by atoms with Crippen molar-refractivity contribution in [2.45, 2.75) is 50.6 Å². The lowest BCUT2D eigenvalue weighted by molar-refractivity contribution is -0.136. The van der Waals surface area contributed by atoms with Gasteiger partial charge in [0, 0.05) is 13.1 Å². The summed E-state index contributed by atoms with van der Waals surface area (Å²) in [6, 6.07) is 19.7. The minimum Gasteiger partial charge on any atom is -0.481 e. The third-order valence-corrected chi connectivity index (χ3v) is 7.13. The molecule has 3 aromatic carbocycles. The molecule has 7 heteroatoms. The molecule has 0 aliphatic rings. The Morgan fingerprint density at radius 2 is 1.52 bits per heavy atom. The third-order valence-electron chi connectivity index (χ3n) is 5.34. The summed E-state index contributed by atoms with van der Waals surface area (Å²) in [5, 5.41) is 9.07. The van der Waals surface area contributed by atoms with E-state index in [1.165, 1.54) is 28.1 Å². The van der Waals surface area contributed by atoms with Crippen molar-refractivity contribution in [3.63, 3.8) is 0 Å². The first kappa shape index (κ1) is 24.6. The molecule has 0 unspecified atom stereocenters. The molecule has 3 aromatic rings. The van der Waals surface area contributed by atoms with Gasteiger partial charge in [-0.2, -0.15) is 4.31 Å². The number of benzene rings is 3. The Morgan fingerprint density at radius 1 is 0.879 bits per heavy atom. The lowest BCUT2D eigenvalue weighted by Crippen LogP contribution is -2.30. The highest BCUT2D eigenvalue weighted by Gasteiger charge is 2.25. The van der Waals surface area contributed by atoms with E-state index < -0.39 is 21.8 Å². The summed E-state index contributed by atoms with van der Waals surface area (Å²) in [5.74, 6) is -1.58. The number of nitrogens with zero attached hydrogens (tertiary/aromatic N) is 1. The number of carbonyl (C=O) groups is 1. The molecule has 0 aliphatic heterocycles. The van der Waals surface area contributed by atoms with Crippen LogP contribution in [0.2, 0.25) is 0 Å². The topological polar surface area (TPSA) is 74.7 Å². The van der Waals surface area contributed by atoms with Crippen LogP contribution < -0.4 is 0 Å². The van der Waals surface area contributed by atoms with Crippen molar-refractivity contribution in [1.29, 1.82) is 0 Å². The maximum absolute atomic E-state index is 13.8. The van der Waals surface area contributed by atoms with Crippen molar-refractivity contribution in [2.75, 3.05) is 0 Å². The van der Waals surface area contributed by atoms with E-state index in [-0.39, 0.29) is 24.4 Å². The molecule has 0 aliphatic carbocycles. The number of hydrogen-bond donors (Lipinski definition) is 1. The molecule has 0 bridgehead atoms. The monoisotopic (exact) mass is 469 g/mol. The van der Waals surface area contributed by atoms with Gasteiger partial charge in [0.05, 0.1) is 11.3 Å². The molecule has 0 amide bonds. The maximum atomic E-state index is 13.8. The van der Waals surface area contributed by atoms with E-state index in [0.717, 1.165) is 30.9 Å². The van der Waals surface area contributed by atoms with Gasteiger partial charge < -0.3 is 5.11 Å². The highest BCUT2D eigenvalue weighted by atomic mass is 32.2. The molecule has 0 saturated carbocycles. The molecular formula is C26H28FNO4S. The van der Waals surface area contributed by atoms with E-state index in [9.17, 15) is 17.6 Å². The zero-order valence-electron chi connectivity index (χ0n) is 18.6. The predicted molar refractivity (Wildman–Crippen MR) is 126 cm³/mol. The summed E-state index contributed by atoms with van der Waals surface area (Å²) < 4.78 is 41.9. The molecule has 174 valence electrons. The van der Waals surface area contributed by atoms with E-state index in [1.54, 1.807) is 24.3 Å². The van der Waals surface area contributed by atoms with Crippen LogP contribution in [0.5, 0.6) is 0 Å². The Hall–Kier alpha value is -3.03. The molecule has 0 atom stereocenters. The van der Waals surface area contributed by atoms with E-state index >= 15 is 0 Å². The number of hydrogen-bond acceptors (Lipinski definition) is 3. The Morgan fingerprint density at radius 3 is 2.18 bits per heavy atom. The largest absolute Gasteiger partial charge is 0.481 e. The first-order chi connectivity index (χ1) is 15.8. The lowest BCUT2D eigenvalue weighted by Gasteiger charge is -2.23. The van der Waals surface area contributed by atoms with Crippen LogP contribution in [0.25, 0.3) is 0 Å². The number of aliphatic carboxylic acids is 1. The summed E-state index contributed by atoms with van der Waals surface area (Å²) >= 11 is 0. The average Bonchev–Trinajstić information content (AvgIpc) is 2.78. The standard InChI is InChI=1S/C26H28FNO4S/c1-2-3-6-20-11-13-21(14-12-20)18-28(33(31,32)25-10-5-9-24(27)17-25)19-23-8-4-7-22(15-23)16-26(29)30/h4-5,7-15,17H,2-3,6,16,18-19H2,1H3,(H,29,30). The zero-order valence-corrected chi connectivity index (χ0v) is 19.4. The minimum atomic E-state index is -4.00. The van der Waals surface area contributed by atoms with Crippen molar-refractivity contribution >= 4 is 16.0 Å². The fraction of sp³-hybridized carbons (Fsp3) is 0.269. The third kappa shape index (κ3) is 6.97. The van der Waals surface area contributed by atoms with Crippen LogP contribution in [0.4, 0.5) is 4.39 Å². The Kier molecular flexibility index (Phi) is 8.36. The van der Waals surface area contributed by atoms with Gasteiger partial charge in [-0.1, -0.05) is 67.9 Å². The van der Waals surface area contributed by atoms with E-state index in [1.807, 2.05) is 24.3 Å².